The summed E-state index contributed by atoms with van der Waals surface area (Å²) in [5.41, 5.74) is 8.34. The zero-order chi connectivity index (χ0) is 14.3. The average molecular weight is 336 g/mol. The fraction of sp³-hybridized carbons (Fsp3) is 0.231. The Bertz CT molecular complexity index is 694. The largest absolute Gasteiger partial charge is 0.496 e. The molecule has 2 aromatic rings. The van der Waals surface area contributed by atoms with E-state index >= 15 is 0 Å². The molecule has 7 heteroatoms. The minimum Gasteiger partial charge on any atom is -0.496 e. The Hall–Kier alpha value is -2.02. The number of ether oxygens (including phenoxy) is 1. The number of hydrogen-bond donors (Lipinski definition) is 3. The normalized spacial score (nSPS) is 12.9. The standard InChI is InChI=1S/C13H14BrN5O/c1-20-10-3-2-7(14)6-9(10)11-8-4-5-17-12(8)19(18-11)13(15)16/h2-3,6,17H,4-5H2,1H3,(H3,15,16). The Morgan fingerprint density at radius 1 is 1.55 bits per heavy atom. The van der Waals surface area contributed by atoms with Gasteiger partial charge < -0.3 is 15.8 Å². The molecule has 104 valence electrons. The Kier molecular flexibility index (Phi) is 3.13. The van der Waals surface area contributed by atoms with E-state index in [-0.39, 0.29) is 5.96 Å². The molecule has 20 heavy (non-hydrogen) atoms. The van der Waals surface area contributed by atoms with E-state index in [1.165, 1.54) is 4.68 Å². The summed E-state index contributed by atoms with van der Waals surface area (Å²) >= 11 is 3.47. The molecule has 1 aromatic carbocycles. The summed E-state index contributed by atoms with van der Waals surface area (Å²) in [5.74, 6) is 1.45. The number of nitrogen functional groups attached to an aromatic ring is 1. The molecule has 1 aliphatic rings. The molecule has 3 rings (SSSR count). The van der Waals surface area contributed by atoms with Crippen LogP contribution in [0.25, 0.3) is 11.3 Å². The van der Waals surface area contributed by atoms with Gasteiger partial charge in [-0.25, -0.2) is 0 Å². The van der Waals surface area contributed by atoms with E-state index in [4.69, 9.17) is 15.9 Å². The maximum atomic E-state index is 7.62. The highest BCUT2D eigenvalue weighted by Crippen LogP contribution is 2.38. The fourth-order valence-corrected chi connectivity index (χ4v) is 2.79. The first-order valence-electron chi connectivity index (χ1n) is 6.16. The summed E-state index contributed by atoms with van der Waals surface area (Å²) in [5, 5.41) is 15.3. The highest BCUT2D eigenvalue weighted by atomic mass is 79.9. The molecule has 6 nitrogen and oxygen atoms in total. The zero-order valence-electron chi connectivity index (χ0n) is 10.9. The van der Waals surface area contributed by atoms with Crippen LogP contribution >= 0.6 is 15.9 Å². The molecule has 0 radical (unpaired) electrons. The van der Waals surface area contributed by atoms with Crippen LogP contribution in [0.15, 0.2) is 22.7 Å². The van der Waals surface area contributed by atoms with Crippen molar-refractivity contribution in [1.82, 2.24) is 9.78 Å². The number of nitrogens with two attached hydrogens (primary N) is 1. The summed E-state index contributed by atoms with van der Waals surface area (Å²) in [7, 11) is 1.63. The molecule has 1 aliphatic heterocycles. The van der Waals surface area contributed by atoms with Crippen molar-refractivity contribution in [3.05, 3.63) is 28.2 Å². The average Bonchev–Trinajstić information content (AvgIpc) is 2.99. The van der Waals surface area contributed by atoms with Gasteiger partial charge in [-0.1, -0.05) is 15.9 Å². The fourth-order valence-electron chi connectivity index (χ4n) is 2.43. The van der Waals surface area contributed by atoms with Crippen LogP contribution < -0.4 is 15.8 Å². The molecule has 0 spiro atoms. The van der Waals surface area contributed by atoms with Gasteiger partial charge in [-0.3, -0.25) is 5.41 Å². The second kappa shape index (κ2) is 4.82. The molecule has 0 fully saturated rings. The van der Waals surface area contributed by atoms with Crippen LogP contribution in [0.4, 0.5) is 5.82 Å². The first kappa shape index (κ1) is 13.0. The van der Waals surface area contributed by atoms with Gasteiger partial charge in [-0.15, -0.1) is 0 Å². The van der Waals surface area contributed by atoms with Gasteiger partial charge in [0.25, 0.3) is 0 Å². The lowest BCUT2D eigenvalue weighted by Gasteiger charge is -2.08. The van der Waals surface area contributed by atoms with Gasteiger partial charge in [0.15, 0.2) is 0 Å². The molecule has 2 heterocycles. The number of halogens is 1. The maximum Gasteiger partial charge on any atom is 0.215 e. The summed E-state index contributed by atoms with van der Waals surface area (Å²) in [4.78, 5) is 0. The van der Waals surface area contributed by atoms with Crippen molar-refractivity contribution in [3.63, 3.8) is 0 Å². The molecular weight excluding hydrogens is 322 g/mol. The summed E-state index contributed by atoms with van der Waals surface area (Å²) in [6.07, 6.45) is 0.855. The third-order valence-corrected chi connectivity index (χ3v) is 3.79. The molecule has 0 saturated carbocycles. The van der Waals surface area contributed by atoms with E-state index in [0.29, 0.717) is 0 Å². The number of aromatic nitrogens is 2. The van der Waals surface area contributed by atoms with Gasteiger partial charge in [0.2, 0.25) is 5.96 Å². The van der Waals surface area contributed by atoms with Crippen LogP contribution in [0.1, 0.15) is 5.56 Å². The third-order valence-electron chi connectivity index (χ3n) is 3.30. The number of methoxy groups -OCH3 is 1. The maximum absolute atomic E-state index is 7.62. The van der Waals surface area contributed by atoms with Crippen LogP contribution in [0, 0.1) is 5.41 Å². The number of nitrogens with zero attached hydrogens (tertiary/aromatic N) is 2. The predicted molar refractivity (Wildman–Crippen MR) is 81.4 cm³/mol. The lowest BCUT2D eigenvalue weighted by Crippen LogP contribution is -2.23. The Morgan fingerprint density at radius 3 is 3.05 bits per heavy atom. The quantitative estimate of drug-likeness (QED) is 0.578. The smallest absolute Gasteiger partial charge is 0.215 e. The van der Waals surface area contributed by atoms with E-state index in [2.05, 4.69) is 26.3 Å². The highest BCUT2D eigenvalue weighted by Gasteiger charge is 2.25. The minimum atomic E-state index is -0.101. The summed E-state index contributed by atoms with van der Waals surface area (Å²) in [6, 6.07) is 5.77. The van der Waals surface area contributed by atoms with Crippen LogP contribution in [0.3, 0.4) is 0 Å². The van der Waals surface area contributed by atoms with Crippen LogP contribution in [-0.2, 0) is 6.42 Å². The van der Waals surface area contributed by atoms with Gasteiger partial charge in [-0.2, -0.15) is 9.78 Å². The second-order valence-corrected chi connectivity index (χ2v) is 5.41. The van der Waals surface area contributed by atoms with Crippen LogP contribution in [0.2, 0.25) is 0 Å². The van der Waals surface area contributed by atoms with Crippen molar-refractivity contribution >= 4 is 27.7 Å². The molecule has 0 bridgehead atoms. The van der Waals surface area contributed by atoms with Crippen LogP contribution in [-0.4, -0.2) is 29.4 Å². The van der Waals surface area contributed by atoms with Crippen molar-refractivity contribution in [3.8, 4) is 17.0 Å². The summed E-state index contributed by atoms with van der Waals surface area (Å²) < 4.78 is 7.79. The van der Waals surface area contributed by atoms with E-state index in [1.807, 2.05) is 18.2 Å². The van der Waals surface area contributed by atoms with Crippen molar-refractivity contribution in [1.29, 1.82) is 5.41 Å². The third kappa shape index (κ3) is 1.94. The first-order chi connectivity index (χ1) is 9.61. The topological polar surface area (TPSA) is 89.0 Å². The van der Waals surface area contributed by atoms with Crippen LogP contribution in [0.5, 0.6) is 5.75 Å². The van der Waals surface area contributed by atoms with Crippen molar-refractivity contribution in [2.75, 3.05) is 19.0 Å². The number of anilines is 1. The molecule has 0 aliphatic carbocycles. The summed E-state index contributed by atoms with van der Waals surface area (Å²) in [6.45, 7) is 0.823. The van der Waals surface area contributed by atoms with E-state index in [0.717, 1.165) is 45.8 Å². The number of fused-ring (bicyclic) bond motifs is 1. The predicted octanol–water partition coefficient (Wildman–Crippen LogP) is 2.03. The Balaban J connectivity index is 2.23. The SMILES string of the molecule is COc1ccc(Br)cc1-c1nn(C(=N)N)c2c1CCN2. The lowest BCUT2D eigenvalue weighted by molar-refractivity contribution is 0.416. The Labute approximate surface area is 124 Å². The van der Waals surface area contributed by atoms with E-state index in [1.54, 1.807) is 7.11 Å². The Morgan fingerprint density at radius 2 is 2.35 bits per heavy atom. The zero-order valence-corrected chi connectivity index (χ0v) is 12.5. The molecule has 1 aromatic heterocycles. The van der Waals surface area contributed by atoms with Crippen molar-refractivity contribution < 1.29 is 4.74 Å². The van der Waals surface area contributed by atoms with E-state index < -0.39 is 0 Å². The van der Waals surface area contributed by atoms with Crippen molar-refractivity contribution in [2.24, 2.45) is 5.73 Å². The monoisotopic (exact) mass is 335 g/mol. The number of nitrogens with one attached hydrogen (secondary N) is 2. The van der Waals surface area contributed by atoms with Crippen molar-refractivity contribution in [2.45, 2.75) is 6.42 Å². The van der Waals surface area contributed by atoms with E-state index in [9.17, 15) is 0 Å². The van der Waals surface area contributed by atoms with Gasteiger partial charge in [0, 0.05) is 22.1 Å². The van der Waals surface area contributed by atoms with Gasteiger partial charge in [-0.05, 0) is 24.6 Å². The molecule has 4 N–H and O–H groups in total. The number of hydrogen-bond acceptors (Lipinski definition) is 4. The van der Waals surface area contributed by atoms with Gasteiger partial charge in [0.05, 0.1) is 7.11 Å². The lowest BCUT2D eigenvalue weighted by atomic mass is 10.1. The molecule has 0 saturated heterocycles. The second-order valence-electron chi connectivity index (χ2n) is 4.49. The molecule has 0 atom stereocenters. The minimum absolute atomic E-state index is 0.101. The molecule has 0 unspecified atom stereocenters. The molecule has 0 amide bonds. The number of benzene rings is 1. The first-order valence-corrected chi connectivity index (χ1v) is 6.95. The number of rotatable bonds is 2. The van der Waals surface area contributed by atoms with Gasteiger partial charge in [0.1, 0.15) is 17.3 Å². The van der Waals surface area contributed by atoms with Gasteiger partial charge >= 0.3 is 0 Å². The highest BCUT2D eigenvalue weighted by molar-refractivity contribution is 9.10. The molecular formula is C13H14BrN5O.